The summed E-state index contributed by atoms with van der Waals surface area (Å²) in [4.78, 5) is 30.7. The Hall–Kier alpha value is -2.18. The fourth-order valence-electron chi connectivity index (χ4n) is 2.94. The first-order chi connectivity index (χ1) is 11.0. The number of carbonyl (C=O) groups excluding carboxylic acids is 1. The van der Waals surface area contributed by atoms with Crippen LogP contribution in [0.4, 0.5) is 0 Å². The number of carbonyl (C=O) groups is 1. The molecule has 1 unspecified atom stereocenters. The van der Waals surface area contributed by atoms with Crippen LogP contribution in [0, 0.1) is 0 Å². The van der Waals surface area contributed by atoms with Gasteiger partial charge < -0.3 is 15.0 Å². The summed E-state index contributed by atoms with van der Waals surface area (Å²) in [6.07, 6.45) is -0.954. The topological polar surface area (TPSA) is 76.6 Å². The molecule has 3 rings (SSSR count). The Morgan fingerprint density at radius 2 is 1.96 bits per heavy atom. The Labute approximate surface area is 134 Å². The van der Waals surface area contributed by atoms with Gasteiger partial charge in [0, 0.05) is 43.8 Å². The van der Waals surface area contributed by atoms with Gasteiger partial charge in [-0.1, -0.05) is 18.2 Å². The van der Waals surface area contributed by atoms with Crippen molar-refractivity contribution in [1.29, 1.82) is 0 Å². The van der Waals surface area contributed by atoms with Crippen molar-refractivity contribution < 1.29 is 9.90 Å². The largest absolute Gasteiger partial charge is 0.384 e. The van der Waals surface area contributed by atoms with Crippen LogP contribution in [-0.4, -0.2) is 58.1 Å². The summed E-state index contributed by atoms with van der Waals surface area (Å²) in [5.41, 5.74) is 1.51. The summed E-state index contributed by atoms with van der Waals surface area (Å²) in [5, 5.41) is 10.4. The molecule has 2 aromatic rings. The number of piperazine rings is 1. The Kier molecular flexibility index (Phi) is 4.45. The number of hydrogen-bond acceptors (Lipinski definition) is 4. The van der Waals surface area contributed by atoms with E-state index >= 15 is 0 Å². The van der Waals surface area contributed by atoms with E-state index in [2.05, 4.69) is 9.88 Å². The Balaban J connectivity index is 1.68. The van der Waals surface area contributed by atoms with Crippen molar-refractivity contribution in [2.75, 3.05) is 26.2 Å². The lowest BCUT2D eigenvalue weighted by atomic mass is 10.1. The fourth-order valence-corrected chi connectivity index (χ4v) is 2.94. The monoisotopic (exact) mass is 315 g/mol. The van der Waals surface area contributed by atoms with Crippen molar-refractivity contribution in [3.63, 3.8) is 0 Å². The predicted molar refractivity (Wildman–Crippen MR) is 88.1 cm³/mol. The smallest absolute Gasteiger partial charge is 0.252 e. The van der Waals surface area contributed by atoms with E-state index in [1.165, 1.54) is 6.92 Å². The van der Waals surface area contributed by atoms with Crippen LogP contribution >= 0.6 is 0 Å². The van der Waals surface area contributed by atoms with Crippen molar-refractivity contribution in [3.8, 4) is 0 Å². The van der Waals surface area contributed by atoms with Crippen LogP contribution in [0.25, 0.3) is 10.9 Å². The number of H-pyrrole nitrogens is 1. The third-order valence-corrected chi connectivity index (χ3v) is 4.27. The summed E-state index contributed by atoms with van der Waals surface area (Å²) in [5.74, 6) is -0.229. The number of nitrogens with zero attached hydrogens (tertiary/aromatic N) is 2. The fraction of sp³-hybridized carbons (Fsp3) is 0.412. The lowest BCUT2D eigenvalue weighted by Crippen LogP contribution is -2.50. The van der Waals surface area contributed by atoms with Gasteiger partial charge in [0.25, 0.3) is 11.5 Å². The first-order valence-electron chi connectivity index (χ1n) is 7.85. The third kappa shape index (κ3) is 3.43. The van der Waals surface area contributed by atoms with Gasteiger partial charge in [0.2, 0.25) is 0 Å². The highest BCUT2D eigenvalue weighted by atomic mass is 16.3. The number of hydrogen-bond donors (Lipinski definition) is 2. The molecule has 0 radical (unpaired) electrons. The minimum Gasteiger partial charge on any atom is -0.384 e. The standard InChI is InChI=1S/C17H21N3O3/c1-12(21)17(23)20-8-6-19(7-9-20)11-14-10-13-4-2-3-5-15(13)18-16(14)22/h2-5,10,12,21H,6-9,11H2,1H3,(H,18,22). The summed E-state index contributed by atoms with van der Waals surface area (Å²) in [6, 6.07) is 9.65. The van der Waals surface area contributed by atoms with Gasteiger partial charge in [0.05, 0.1) is 0 Å². The van der Waals surface area contributed by atoms with Crippen LogP contribution in [0.5, 0.6) is 0 Å². The molecule has 1 aromatic heterocycles. The van der Waals surface area contributed by atoms with E-state index in [1.807, 2.05) is 30.3 Å². The molecule has 6 heteroatoms. The SMILES string of the molecule is CC(O)C(=O)N1CCN(Cc2cc3ccccc3[nH]c2=O)CC1. The molecule has 23 heavy (non-hydrogen) atoms. The minimum absolute atomic E-state index is 0.0637. The first-order valence-corrected chi connectivity index (χ1v) is 7.85. The lowest BCUT2D eigenvalue weighted by molar-refractivity contribution is -0.141. The zero-order valence-electron chi connectivity index (χ0n) is 13.2. The van der Waals surface area contributed by atoms with E-state index in [0.29, 0.717) is 32.7 Å². The van der Waals surface area contributed by atoms with E-state index in [0.717, 1.165) is 16.5 Å². The third-order valence-electron chi connectivity index (χ3n) is 4.27. The van der Waals surface area contributed by atoms with E-state index in [1.54, 1.807) is 4.90 Å². The molecule has 1 atom stereocenters. The number of rotatable bonds is 3. The number of benzene rings is 1. The zero-order valence-corrected chi connectivity index (χ0v) is 13.2. The molecule has 1 saturated heterocycles. The van der Waals surface area contributed by atoms with Crippen LogP contribution in [0.15, 0.2) is 35.1 Å². The van der Waals surface area contributed by atoms with Crippen molar-refractivity contribution in [2.45, 2.75) is 19.6 Å². The average Bonchev–Trinajstić information content (AvgIpc) is 2.55. The maximum Gasteiger partial charge on any atom is 0.252 e. The molecular formula is C17H21N3O3. The van der Waals surface area contributed by atoms with Gasteiger partial charge in [0.15, 0.2) is 0 Å². The lowest BCUT2D eigenvalue weighted by Gasteiger charge is -2.35. The number of aromatic amines is 1. The van der Waals surface area contributed by atoms with E-state index in [4.69, 9.17) is 0 Å². The maximum atomic E-state index is 12.2. The number of aromatic nitrogens is 1. The second kappa shape index (κ2) is 6.52. The van der Waals surface area contributed by atoms with Crippen molar-refractivity contribution in [3.05, 3.63) is 46.2 Å². The molecule has 0 aliphatic carbocycles. The molecule has 1 amide bonds. The molecule has 2 N–H and O–H groups in total. The number of para-hydroxylation sites is 1. The van der Waals surface area contributed by atoms with Gasteiger partial charge in [-0.3, -0.25) is 14.5 Å². The van der Waals surface area contributed by atoms with Gasteiger partial charge in [0.1, 0.15) is 6.10 Å². The summed E-state index contributed by atoms with van der Waals surface area (Å²) in [6.45, 7) is 4.61. The number of pyridine rings is 1. The molecular weight excluding hydrogens is 294 g/mol. The quantitative estimate of drug-likeness (QED) is 0.867. The van der Waals surface area contributed by atoms with E-state index in [9.17, 15) is 14.7 Å². The molecule has 1 aliphatic rings. The zero-order chi connectivity index (χ0) is 16.4. The van der Waals surface area contributed by atoms with E-state index in [-0.39, 0.29) is 11.5 Å². The number of nitrogens with one attached hydrogen (secondary N) is 1. The molecule has 1 aliphatic heterocycles. The average molecular weight is 315 g/mol. The minimum atomic E-state index is -0.954. The summed E-state index contributed by atoms with van der Waals surface area (Å²) in [7, 11) is 0. The predicted octanol–water partition coefficient (Wildman–Crippen LogP) is 0.553. The highest BCUT2D eigenvalue weighted by Crippen LogP contribution is 2.12. The number of aliphatic hydroxyl groups excluding tert-OH is 1. The van der Waals surface area contributed by atoms with Gasteiger partial charge in [-0.2, -0.15) is 0 Å². The molecule has 1 aromatic carbocycles. The Morgan fingerprint density at radius 1 is 1.26 bits per heavy atom. The molecule has 0 saturated carbocycles. The molecule has 0 spiro atoms. The van der Waals surface area contributed by atoms with Crippen molar-refractivity contribution in [1.82, 2.24) is 14.8 Å². The maximum absolute atomic E-state index is 12.2. The molecule has 122 valence electrons. The normalized spacial score (nSPS) is 17.4. The van der Waals surface area contributed by atoms with Crippen LogP contribution < -0.4 is 5.56 Å². The van der Waals surface area contributed by atoms with E-state index < -0.39 is 6.10 Å². The van der Waals surface area contributed by atoms with Gasteiger partial charge in [-0.05, 0) is 24.4 Å². The highest BCUT2D eigenvalue weighted by molar-refractivity contribution is 5.80. The molecule has 1 fully saturated rings. The van der Waals surface area contributed by atoms with Crippen LogP contribution in [0.3, 0.4) is 0 Å². The summed E-state index contributed by atoms with van der Waals surface area (Å²) < 4.78 is 0. The molecule has 6 nitrogen and oxygen atoms in total. The molecule has 2 heterocycles. The van der Waals surface area contributed by atoms with Gasteiger partial charge in [-0.25, -0.2) is 0 Å². The van der Waals surface area contributed by atoms with Crippen molar-refractivity contribution in [2.24, 2.45) is 0 Å². The number of amides is 1. The number of fused-ring (bicyclic) bond motifs is 1. The van der Waals surface area contributed by atoms with Crippen LogP contribution in [0.1, 0.15) is 12.5 Å². The molecule has 0 bridgehead atoms. The van der Waals surface area contributed by atoms with Gasteiger partial charge in [-0.15, -0.1) is 0 Å². The van der Waals surface area contributed by atoms with Crippen LogP contribution in [0.2, 0.25) is 0 Å². The number of aliphatic hydroxyl groups is 1. The second-order valence-corrected chi connectivity index (χ2v) is 5.99. The van der Waals surface area contributed by atoms with Crippen molar-refractivity contribution >= 4 is 16.8 Å². The second-order valence-electron chi connectivity index (χ2n) is 5.99. The highest BCUT2D eigenvalue weighted by Gasteiger charge is 2.24. The van der Waals surface area contributed by atoms with Crippen LogP contribution in [-0.2, 0) is 11.3 Å². The Bertz CT molecular complexity index is 761. The summed E-state index contributed by atoms with van der Waals surface area (Å²) >= 11 is 0. The first kappa shape index (κ1) is 15.7. The Morgan fingerprint density at radius 3 is 2.65 bits per heavy atom. The van der Waals surface area contributed by atoms with Gasteiger partial charge >= 0.3 is 0 Å².